The Balaban J connectivity index is 1.72. The first-order valence-electron chi connectivity index (χ1n) is 8.04. The molecule has 2 N–H and O–H groups in total. The molecular formula is C19H20N2O4. The van der Waals surface area contributed by atoms with Crippen molar-refractivity contribution in [2.75, 3.05) is 24.4 Å². The maximum atomic E-state index is 12.6. The van der Waals surface area contributed by atoms with Crippen LogP contribution in [0.4, 0.5) is 11.4 Å². The van der Waals surface area contributed by atoms with Crippen molar-refractivity contribution in [1.29, 1.82) is 0 Å². The largest absolute Gasteiger partial charge is 0.495 e. The first-order valence-corrected chi connectivity index (χ1v) is 8.04. The van der Waals surface area contributed by atoms with Gasteiger partial charge in [0, 0.05) is 12.6 Å². The molecule has 1 atom stereocenters. The fourth-order valence-corrected chi connectivity index (χ4v) is 2.81. The van der Waals surface area contributed by atoms with E-state index in [0.717, 1.165) is 11.3 Å². The summed E-state index contributed by atoms with van der Waals surface area (Å²) < 4.78 is 10.9. The van der Waals surface area contributed by atoms with Gasteiger partial charge < -0.3 is 20.1 Å². The summed E-state index contributed by atoms with van der Waals surface area (Å²) in [5.41, 5.74) is 2.13. The molecule has 2 amide bonds. The first-order chi connectivity index (χ1) is 12.1. The summed E-state index contributed by atoms with van der Waals surface area (Å²) in [6, 6.07) is 12.8. The summed E-state index contributed by atoms with van der Waals surface area (Å²) in [5.74, 6) is 0.779. The summed E-state index contributed by atoms with van der Waals surface area (Å²) >= 11 is 0. The van der Waals surface area contributed by atoms with E-state index in [1.165, 1.54) is 14.0 Å². The van der Waals surface area contributed by atoms with E-state index in [1.807, 2.05) is 24.3 Å². The molecular weight excluding hydrogens is 320 g/mol. The summed E-state index contributed by atoms with van der Waals surface area (Å²) in [4.78, 5) is 23.9. The number of hydrogen-bond donors (Lipinski definition) is 2. The van der Waals surface area contributed by atoms with E-state index >= 15 is 0 Å². The van der Waals surface area contributed by atoms with Crippen LogP contribution in [0.5, 0.6) is 11.5 Å². The van der Waals surface area contributed by atoms with Crippen LogP contribution in [0, 0.1) is 5.92 Å². The number of benzene rings is 2. The molecule has 0 aromatic heterocycles. The van der Waals surface area contributed by atoms with Crippen molar-refractivity contribution in [3.05, 3.63) is 48.0 Å². The molecule has 0 radical (unpaired) electrons. The summed E-state index contributed by atoms with van der Waals surface area (Å²) in [6.07, 6.45) is 0.636. The number of anilines is 2. The highest BCUT2D eigenvalue weighted by Crippen LogP contribution is 2.30. The lowest BCUT2D eigenvalue weighted by Crippen LogP contribution is -2.32. The normalized spacial score (nSPS) is 15.5. The van der Waals surface area contributed by atoms with E-state index < -0.39 is 0 Å². The lowest BCUT2D eigenvalue weighted by atomic mass is 9.96. The number of fused-ring (bicyclic) bond motifs is 1. The van der Waals surface area contributed by atoms with E-state index in [0.29, 0.717) is 30.2 Å². The van der Waals surface area contributed by atoms with Gasteiger partial charge in [-0.2, -0.15) is 0 Å². The van der Waals surface area contributed by atoms with Crippen molar-refractivity contribution in [1.82, 2.24) is 0 Å². The highest BCUT2D eigenvalue weighted by molar-refractivity contribution is 5.95. The molecule has 25 heavy (non-hydrogen) atoms. The Bertz CT molecular complexity index is 804. The van der Waals surface area contributed by atoms with Gasteiger partial charge in [-0.25, -0.2) is 0 Å². The van der Waals surface area contributed by atoms with Gasteiger partial charge in [-0.05, 0) is 36.2 Å². The number of amides is 2. The topological polar surface area (TPSA) is 76.7 Å². The average Bonchev–Trinajstić information content (AvgIpc) is 2.61. The Kier molecular flexibility index (Phi) is 4.88. The van der Waals surface area contributed by atoms with Crippen LogP contribution in [0.1, 0.15) is 12.5 Å². The Morgan fingerprint density at radius 2 is 1.96 bits per heavy atom. The van der Waals surface area contributed by atoms with Crippen LogP contribution in [0.2, 0.25) is 0 Å². The zero-order chi connectivity index (χ0) is 17.8. The van der Waals surface area contributed by atoms with Crippen LogP contribution < -0.4 is 20.1 Å². The summed E-state index contributed by atoms with van der Waals surface area (Å²) in [7, 11) is 1.52. The summed E-state index contributed by atoms with van der Waals surface area (Å²) in [6.45, 7) is 1.76. The molecule has 1 aliphatic heterocycles. The Hall–Kier alpha value is -3.02. The van der Waals surface area contributed by atoms with Gasteiger partial charge in [0.05, 0.1) is 18.7 Å². The molecule has 1 unspecified atom stereocenters. The minimum atomic E-state index is -0.263. The van der Waals surface area contributed by atoms with Crippen LogP contribution in [0.25, 0.3) is 0 Å². The molecule has 6 heteroatoms. The predicted octanol–water partition coefficient (Wildman–Crippen LogP) is 2.84. The van der Waals surface area contributed by atoms with E-state index in [9.17, 15) is 9.59 Å². The SMILES string of the molecule is COc1ccc(NC(=O)C2COc3ccccc3C2)cc1NC(C)=O. The number of para-hydroxylation sites is 1. The predicted molar refractivity (Wildman–Crippen MR) is 95.1 cm³/mol. The Labute approximate surface area is 146 Å². The molecule has 0 bridgehead atoms. The lowest BCUT2D eigenvalue weighted by molar-refractivity contribution is -0.121. The van der Waals surface area contributed by atoms with Crippen LogP contribution >= 0.6 is 0 Å². The molecule has 6 nitrogen and oxygen atoms in total. The van der Waals surface area contributed by atoms with Gasteiger partial charge in [-0.15, -0.1) is 0 Å². The zero-order valence-corrected chi connectivity index (χ0v) is 14.2. The number of ether oxygens (including phenoxy) is 2. The zero-order valence-electron chi connectivity index (χ0n) is 14.2. The number of rotatable bonds is 4. The highest BCUT2D eigenvalue weighted by atomic mass is 16.5. The van der Waals surface area contributed by atoms with Gasteiger partial charge in [0.2, 0.25) is 11.8 Å². The van der Waals surface area contributed by atoms with Gasteiger partial charge in [0.25, 0.3) is 0 Å². The van der Waals surface area contributed by atoms with Gasteiger partial charge >= 0.3 is 0 Å². The van der Waals surface area contributed by atoms with Gasteiger partial charge in [-0.1, -0.05) is 18.2 Å². The number of nitrogens with one attached hydrogen (secondary N) is 2. The van der Waals surface area contributed by atoms with E-state index in [1.54, 1.807) is 18.2 Å². The monoisotopic (exact) mass is 340 g/mol. The smallest absolute Gasteiger partial charge is 0.231 e. The molecule has 130 valence electrons. The van der Waals surface area contributed by atoms with Gasteiger partial charge in [0.15, 0.2) is 0 Å². The standard InChI is InChI=1S/C19H20N2O4/c1-12(22)20-16-10-15(7-8-18(16)24-2)21-19(23)14-9-13-5-3-4-6-17(13)25-11-14/h3-8,10,14H,9,11H2,1-2H3,(H,20,22)(H,21,23). The first kappa shape index (κ1) is 16.8. The molecule has 0 saturated heterocycles. The molecule has 2 aromatic carbocycles. The molecule has 0 spiro atoms. The van der Waals surface area contributed by atoms with Crippen molar-refractivity contribution in [2.45, 2.75) is 13.3 Å². The Morgan fingerprint density at radius 1 is 1.16 bits per heavy atom. The van der Waals surface area contributed by atoms with Crippen LogP contribution in [-0.4, -0.2) is 25.5 Å². The second-order valence-corrected chi connectivity index (χ2v) is 5.91. The van der Waals surface area contributed by atoms with E-state index in [-0.39, 0.29) is 17.7 Å². The van der Waals surface area contributed by atoms with Crippen molar-refractivity contribution in [3.8, 4) is 11.5 Å². The van der Waals surface area contributed by atoms with Crippen LogP contribution in [-0.2, 0) is 16.0 Å². The van der Waals surface area contributed by atoms with Gasteiger partial charge in [-0.3, -0.25) is 9.59 Å². The van der Waals surface area contributed by atoms with E-state index in [2.05, 4.69) is 10.6 Å². The number of hydrogen-bond acceptors (Lipinski definition) is 4. The third kappa shape index (κ3) is 3.91. The molecule has 3 rings (SSSR count). The maximum absolute atomic E-state index is 12.6. The third-order valence-electron chi connectivity index (χ3n) is 4.03. The van der Waals surface area contributed by atoms with Crippen molar-refractivity contribution < 1.29 is 19.1 Å². The second-order valence-electron chi connectivity index (χ2n) is 5.91. The maximum Gasteiger partial charge on any atom is 0.231 e. The Morgan fingerprint density at radius 3 is 2.72 bits per heavy atom. The number of carbonyl (C=O) groups excluding carboxylic acids is 2. The van der Waals surface area contributed by atoms with Crippen molar-refractivity contribution in [3.63, 3.8) is 0 Å². The quantitative estimate of drug-likeness (QED) is 0.897. The van der Waals surface area contributed by atoms with Crippen molar-refractivity contribution in [2.24, 2.45) is 5.92 Å². The average molecular weight is 340 g/mol. The summed E-state index contributed by atoms with van der Waals surface area (Å²) in [5, 5.41) is 5.57. The second kappa shape index (κ2) is 7.25. The third-order valence-corrected chi connectivity index (χ3v) is 4.03. The lowest BCUT2D eigenvalue weighted by Gasteiger charge is -2.24. The number of methoxy groups -OCH3 is 1. The fourth-order valence-electron chi connectivity index (χ4n) is 2.81. The minimum absolute atomic E-state index is 0.117. The van der Waals surface area contributed by atoms with Gasteiger partial charge in [0.1, 0.15) is 18.1 Å². The molecule has 1 aliphatic rings. The van der Waals surface area contributed by atoms with Crippen LogP contribution in [0.3, 0.4) is 0 Å². The molecule has 0 aliphatic carbocycles. The van der Waals surface area contributed by atoms with Crippen molar-refractivity contribution >= 4 is 23.2 Å². The number of carbonyl (C=O) groups is 2. The molecule has 1 heterocycles. The minimum Gasteiger partial charge on any atom is -0.495 e. The molecule has 2 aromatic rings. The fraction of sp³-hybridized carbons (Fsp3) is 0.263. The van der Waals surface area contributed by atoms with Crippen LogP contribution in [0.15, 0.2) is 42.5 Å². The molecule has 0 fully saturated rings. The highest BCUT2D eigenvalue weighted by Gasteiger charge is 2.26. The van der Waals surface area contributed by atoms with E-state index in [4.69, 9.17) is 9.47 Å². The molecule has 0 saturated carbocycles.